The van der Waals surface area contributed by atoms with Crippen LogP contribution in [-0.4, -0.2) is 28.8 Å². The molecular weight excluding hydrogens is 474 g/mol. The summed E-state index contributed by atoms with van der Waals surface area (Å²) < 4.78 is 60.8. The Kier molecular flexibility index (Phi) is 5.84. The van der Waals surface area contributed by atoms with Crippen LogP contribution in [0.1, 0.15) is 18.4 Å². The maximum atomic E-state index is 14.8. The van der Waals surface area contributed by atoms with Gasteiger partial charge < -0.3 is 15.4 Å². The zero-order valence-electron chi connectivity index (χ0n) is 18.8. The first-order chi connectivity index (χ1) is 17.2. The molecule has 0 aliphatic heterocycles. The lowest BCUT2D eigenvalue weighted by atomic mass is 10.0. The number of aromatic nitrogens is 2. The lowest BCUT2D eigenvalue weighted by molar-refractivity contribution is -0.118. The van der Waals surface area contributed by atoms with E-state index in [-0.39, 0.29) is 28.8 Å². The Bertz CT molecular complexity index is 1480. The van der Waals surface area contributed by atoms with Crippen molar-refractivity contribution in [3.63, 3.8) is 0 Å². The van der Waals surface area contributed by atoms with Gasteiger partial charge in [-0.2, -0.15) is 18.4 Å². The number of hydrogen-bond acceptors (Lipinski definition) is 6. The van der Waals surface area contributed by atoms with Crippen LogP contribution in [0.4, 0.5) is 34.8 Å². The van der Waals surface area contributed by atoms with Gasteiger partial charge in [-0.3, -0.25) is 4.98 Å². The average molecular weight is 493 g/mol. The summed E-state index contributed by atoms with van der Waals surface area (Å²) in [6.07, 6.45) is -1.81. The van der Waals surface area contributed by atoms with Crippen molar-refractivity contribution in [2.75, 3.05) is 17.2 Å². The normalized spacial score (nSPS) is 13.4. The van der Waals surface area contributed by atoms with Crippen molar-refractivity contribution in [3.05, 3.63) is 72.2 Å². The van der Waals surface area contributed by atoms with Crippen LogP contribution in [0.3, 0.4) is 0 Å². The molecule has 0 unspecified atom stereocenters. The van der Waals surface area contributed by atoms with Crippen LogP contribution in [0.2, 0.25) is 0 Å². The molecule has 0 amide bonds. The van der Waals surface area contributed by atoms with Crippen LogP contribution in [0.5, 0.6) is 5.75 Å². The minimum Gasteiger partial charge on any atom is -0.486 e. The van der Waals surface area contributed by atoms with Gasteiger partial charge >= 0.3 is 6.18 Å². The number of nitrogens with zero attached hydrogens (tertiary/aromatic N) is 4. The molecule has 6 nitrogen and oxygen atoms in total. The summed E-state index contributed by atoms with van der Waals surface area (Å²) in [5.41, 5.74) is 8.36. The van der Waals surface area contributed by atoms with Gasteiger partial charge in [0.05, 0.1) is 28.9 Å². The van der Waals surface area contributed by atoms with Gasteiger partial charge in [0.15, 0.2) is 11.6 Å². The van der Waals surface area contributed by atoms with Crippen molar-refractivity contribution < 1.29 is 22.3 Å². The molecule has 10 heteroatoms. The van der Waals surface area contributed by atoms with E-state index in [1.165, 1.54) is 24.4 Å². The van der Waals surface area contributed by atoms with Crippen LogP contribution in [0, 0.1) is 17.1 Å². The molecule has 2 N–H and O–H groups in total. The molecule has 5 rings (SSSR count). The maximum absolute atomic E-state index is 14.8. The molecule has 0 atom stereocenters. The molecule has 1 heterocycles. The van der Waals surface area contributed by atoms with Crippen molar-refractivity contribution in [3.8, 4) is 22.9 Å². The van der Waals surface area contributed by atoms with E-state index in [2.05, 4.69) is 9.97 Å². The molecule has 0 radical (unpaired) electrons. The third kappa shape index (κ3) is 5.00. The second-order valence-electron chi connectivity index (χ2n) is 8.48. The number of hydrogen-bond donors (Lipinski definition) is 1. The topological polar surface area (TPSA) is 88.1 Å². The smallest absolute Gasteiger partial charge is 0.406 e. The van der Waals surface area contributed by atoms with Gasteiger partial charge in [0.25, 0.3) is 0 Å². The Labute approximate surface area is 203 Å². The summed E-state index contributed by atoms with van der Waals surface area (Å²) in [6, 6.07) is 15.7. The Morgan fingerprint density at radius 2 is 1.72 bits per heavy atom. The number of nitrogens with two attached hydrogens (primary N) is 1. The highest BCUT2D eigenvalue weighted by Gasteiger charge is 2.33. The lowest BCUT2D eigenvalue weighted by Gasteiger charge is -2.27. The summed E-state index contributed by atoms with van der Waals surface area (Å²) in [5, 5.41) is 9.48. The first-order valence-electron chi connectivity index (χ1n) is 11.1. The van der Waals surface area contributed by atoms with Crippen molar-refractivity contribution in [2.24, 2.45) is 0 Å². The van der Waals surface area contributed by atoms with Crippen molar-refractivity contribution in [1.82, 2.24) is 9.97 Å². The number of anilines is 3. The van der Waals surface area contributed by atoms with Gasteiger partial charge in [0.2, 0.25) is 0 Å². The number of alkyl halides is 3. The summed E-state index contributed by atoms with van der Waals surface area (Å²) in [6.45, 7) is -1.37. The monoisotopic (exact) mass is 493 g/mol. The quantitative estimate of drug-likeness (QED) is 0.325. The summed E-state index contributed by atoms with van der Waals surface area (Å²) >= 11 is 0. The van der Waals surface area contributed by atoms with E-state index in [4.69, 9.17) is 10.5 Å². The molecule has 1 aromatic heterocycles. The van der Waals surface area contributed by atoms with E-state index in [0.717, 1.165) is 34.9 Å². The highest BCUT2D eigenvalue weighted by atomic mass is 19.4. The first kappa shape index (κ1) is 23.4. The molecule has 0 bridgehead atoms. The van der Waals surface area contributed by atoms with E-state index in [9.17, 15) is 22.8 Å². The van der Waals surface area contributed by atoms with Crippen molar-refractivity contribution >= 4 is 28.2 Å². The van der Waals surface area contributed by atoms with Crippen LogP contribution in [-0.2, 0) is 0 Å². The number of benzene rings is 3. The van der Waals surface area contributed by atoms with E-state index in [1.807, 2.05) is 12.1 Å². The molecule has 182 valence electrons. The van der Waals surface area contributed by atoms with Gasteiger partial charge in [-0.25, -0.2) is 9.37 Å². The zero-order chi connectivity index (χ0) is 25.4. The molecule has 36 heavy (non-hydrogen) atoms. The van der Waals surface area contributed by atoms with Crippen molar-refractivity contribution in [1.29, 1.82) is 5.26 Å². The Hall–Kier alpha value is -4.39. The van der Waals surface area contributed by atoms with Crippen LogP contribution >= 0.6 is 0 Å². The van der Waals surface area contributed by atoms with Crippen LogP contribution in [0.15, 0.2) is 60.8 Å². The summed E-state index contributed by atoms with van der Waals surface area (Å²) in [7, 11) is 0. The number of nitrogen functional groups attached to an aromatic ring is 1. The van der Waals surface area contributed by atoms with Crippen molar-refractivity contribution in [2.45, 2.75) is 25.1 Å². The predicted molar refractivity (Wildman–Crippen MR) is 127 cm³/mol. The third-order valence-electron chi connectivity index (χ3n) is 5.68. The molecule has 3 aromatic carbocycles. The molecular formula is C26H19F4N5O. The molecule has 0 spiro atoms. The van der Waals surface area contributed by atoms with Gasteiger partial charge in [0.1, 0.15) is 18.4 Å². The first-order valence-corrected chi connectivity index (χ1v) is 11.1. The molecule has 0 saturated heterocycles. The highest BCUT2D eigenvalue weighted by molar-refractivity contribution is 5.82. The average Bonchev–Trinajstić information content (AvgIpc) is 3.67. The fourth-order valence-electron chi connectivity index (χ4n) is 3.84. The van der Waals surface area contributed by atoms with Gasteiger partial charge in [-0.15, -0.1) is 0 Å². The molecule has 1 aliphatic carbocycles. The largest absolute Gasteiger partial charge is 0.486 e. The van der Waals surface area contributed by atoms with E-state index in [0.29, 0.717) is 16.9 Å². The predicted octanol–water partition coefficient (Wildman–Crippen LogP) is 6.13. The number of rotatable bonds is 6. The minimum absolute atomic E-state index is 0.101. The number of fused-ring (bicyclic) bond motifs is 1. The maximum Gasteiger partial charge on any atom is 0.406 e. The van der Waals surface area contributed by atoms with E-state index < -0.39 is 18.5 Å². The fourth-order valence-corrected chi connectivity index (χ4v) is 3.84. The third-order valence-corrected chi connectivity index (χ3v) is 5.68. The van der Waals surface area contributed by atoms with Crippen LogP contribution in [0.25, 0.3) is 22.2 Å². The SMILES string of the molecule is N#Cc1cc(N(CC(F)(F)F)c2ccc(-c3ccc4nc(N)cnc4c3)cc2)cc(F)c1OC1CC1. The Morgan fingerprint density at radius 1 is 1.00 bits per heavy atom. The minimum atomic E-state index is -4.58. The molecule has 1 aliphatic rings. The van der Waals surface area contributed by atoms with Crippen LogP contribution < -0.4 is 15.4 Å². The summed E-state index contributed by atoms with van der Waals surface area (Å²) in [4.78, 5) is 9.37. The highest BCUT2D eigenvalue weighted by Crippen LogP contribution is 2.37. The molecule has 1 saturated carbocycles. The number of halogens is 4. The molecule has 4 aromatic rings. The zero-order valence-corrected chi connectivity index (χ0v) is 18.8. The Morgan fingerprint density at radius 3 is 2.39 bits per heavy atom. The van der Waals surface area contributed by atoms with Gasteiger partial charge in [0, 0.05) is 17.4 Å². The fraction of sp³-hybridized carbons (Fsp3) is 0.192. The van der Waals surface area contributed by atoms with Gasteiger partial charge in [-0.1, -0.05) is 18.2 Å². The second kappa shape index (κ2) is 9.00. The number of nitriles is 1. The summed E-state index contributed by atoms with van der Waals surface area (Å²) in [5.74, 6) is -0.808. The Balaban J connectivity index is 1.50. The number of ether oxygens (including phenoxy) is 1. The van der Waals surface area contributed by atoms with Gasteiger partial charge in [-0.05, 0) is 54.3 Å². The lowest BCUT2D eigenvalue weighted by Crippen LogP contribution is -2.30. The van der Waals surface area contributed by atoms with E-state index >= 15 is 0 Å². The molecule has 1 fully saturated rings. The second-order valence-corrected chi connectivity index (χ2v) is 8.48. The van der Waals surface area contributed by atoms with E-state index in [1.54, 1.807) is 24.3 Å². The standard InChI is InChI=1S/C26H19F4N5O/c27-21-11-19(9-17(12-31)25(21)36-20-6-7-20)35(14-26(28,29)30)18-4-1-15(2-5-18)16-3-8-22-23(10-16)33-13-24(32)34-22/h1-5,8-11,13,20H,6-7,14H2,(H2,32,34).